The van der Waals surface area contributed by atoms with Crippen molar-refractivity contribution in [2.75, 3.05) is 5.32 Å². The van der Waals surface area contributed by atoms with Crippen LogP contribution in [0.15, 0.2) is 85.2 Å². The summed E-state index contributed by atoms with van der Waals surface area (Å²) < 4.78 is 22.6. The number of thiocarbonyl (C=S) groups is 1. The second kappa shape index (κ2) is 10.9. The molecule has 0 bridgehead atoms. The number of nitrogens with zero attached hydrogens (tertiary/aromatic N) is 2. The van der Waals surface area contributed by atoms with E-state index in [-0.39, 0.29) is 23.2 Å². The SMILES string of the molecule is Cc1ccc(CC(=O)NC(=S)Nc2ccc(Oc3ccnc4cc(-c5cccc[n+]5O)sc34)c(F)c2)cc1. The molecule has 0 fully saturated rings. The molecule has 38 heavy (non-hydrogen) atoms. The number of ether oxygens (including phenoxy) is 1. The number of nitrogens with one attached hydrogen (secondary N) is 2. The van der Waals surface area contributed by atoms with Crippen LogP contribution < -0.4 is 20.1 Å². The Morgan fingerprint density at radius 3 is 2.68 bits per heavy atom. The maximum atomic E-state index is 14.9. The molecule has 5 rings (SSSR count). The van der Waals surface area contributed by atoms with Gasteiger partial charge in [-0.1, -0.05) is 29.8 Å². The van der Waals surface area contributed by atoms with Gasteiger partial charge >= 0.3 is 0 Å². The van der Waals surface area contributed by atoms with Gasteiger partial charge in [0.25, 0.3) is 5.69 Å². The Morgan fingerprint density at radius 1 is 1.11 bits per heavy atom. The molecule has 3 heterocycles. The Labute approximate surface area is 227 Å². The number of carbonyl (C=O) groups is 1. The first-order valence-corrected chi connectivity index (χ1v) is 12.8. The summed E-state index contributed by atoms with van der Waals surface area (Å²) in [6.07, 6.45) is 3.30. The predicted molar refractivity (Wildman–Crippen MR) is 148 cm³/mol. The molecule has 10 heteroatoms. The van der Waals surface area contributed by atoms with Gasteiger partial charge in [0.15, 0.2) is 16.7 Å². The lowest BCUT2D eigenvalue weighted by molar-refractivity contribution is -0.896. The average Bonchev–Trinajstić information content (AvgIpc) is 3.32. The highest BCUT2D eigenvalue weighted by Gasteiger charge is 2.18. The third kappa shape index (κ3) is 5.77. The number of benzene rings is 2. The van der Waals surface area contributed by atoms with E-state index in [1.165, 1.54) is 29.7 Å². The Balaban J connectivity index is 1.26. The van der Waals surface area contributed by atoms with Gasteiger partial charge in [-0.3, -0.25) is 15.0 Å². The molecule has 190 valence electrons. The number of aryl methyl sites for hydroxylation is 1. The number of anilines is 1. The normalized spacial score (nSPS) is 10.8. The van der Waals surface area contributed by atoms with Gasteiger partial charge in [0.05, 0.1) is 16.6 Å². The second-order valence-corrected chi connectivity index (χ2v) is 9.94. The lowest BCUT2D eigenvalue weighted by Gasteiger charge is -2.12. The van der Waals surface area contributed by atoms with Crippen molar-refractivity contribution in [3.8, 4) is 22.1 Å². The van der Waals surface area contributed by atoms with Crippen LogP contribution in [0.5, 0.6) is 11.5 Å². The number of rotatable bonds is 6. The zero-order valence-electron chi connectivity index (χ0n) is 20.1. The van der Waals surface area contributed by atoms with Crippen LogP contribution in [-0.2, 0) is 11.2 Å². The fourth-order valence-corrected chi connectivity index (χ4v) is 5.07. The maximum Gasteiger partial charge on any atom is 0.274 e. The summed E-state index contributed by atoms with van der Waals surface area (Å²) in [7, 11) is 0. The third-order valence-electron chi connectivity index (χ3n) is 5.62. The molecule has 3 N–H and O–H groups in total. The molecule has 0 radical (unpaired) electrons. The standard InChI is InChI=1S/C28H21FN4O3S2/c1-17-5-7-18(8-6-17)14-26(34)32-28(37)31-19-9-10-23(20(29)15-19)36-24-11-12-30-21-16-25(38-27(21)24)22-4-2-3-13-33(22)35/h2-13,15-16H,14H2,1H3,(H2-,30,31,32,34,35,37)/p+1. The van der Waals surface area contributed by atoms with E-state index in [1.54, 1.807) is 30.5 Å². The lowest BCUT2D eigenvalue weighted by atomic mass is 10.1. The summed E-state index contributed by atoms with van der Waals surface area (Å²) in [6.45, 7) is 1.98. The Kier molecular flexibility index (Phi) is 7.25. The van der Waals surface area contributed by atoms with E-state index in [0.29, 0.717) is 27.3 Å². The van der Waals surface area contributed by atoms with Gasteiger partial charge in [-0.2, -0.15) is 0 Å². The molecule has 3 aromatic heterocycles. The van der Waals surface area contributed by atoms with Gasteiger partial charge in [-0.15, -0.1) is 11.3 Å². The zero-order valence-corrected chi connectivity index (χ0v) is 21.8. The minimum atomic E-state index is -0.609. The minimum Gasteiger partial charge on any atom is -0.453 e. The fraction of sp³-hybridized carbons (Fsp3) is 0.0714. The maximum absolute atomic E-state index is 14.9. The van der Waals surface area contributed by atoms with Crippen molar-refractivity contribution < 1.29 is 23.9 Å². The summed E-state index contributed by atoms with van der Waals surface area (Å²) in [5.41, 5.74) is 3.61. The molecular weight excluding hydrogens is 523 g/mol. The first-order chi connectivity index (χ1) is 18.4. The molecule has 0 aliphatic heterocycles. The van der Waals surface area contributed by atoms with E-state index >= 15 is 0 Å². The van der Waals surface area contributed by atoms with Crippen molar-refractivity contribution in [3.63, 3.8) is 0 Å². The van der Waals surface area contributed by atoms with Gasteiger partial charge in [0.1, 0.15) is 10.6 Å². The average molecular weight is 546 g/mol. The third-order valence-corrected chi connectivity index (χ3v) is 6.98. The summed E-state index contributed by atoms with van der Waals surface area (Å²) in [4.78, 5) is 17.4. The number of amides is 1. The highest BCUT2D eigenvalue weighted by atomic mass is 32.1. The van der Waals surface area contributed by atoms with Crippen LogP contribution in [0.2, 0.25) is 0 Å². The number of fused-ring (bicyclic) bond motifs is 1. The Bertz CT molecular complexity index is 1650. The minimum absolute atomic E-state index is 0.0178. The first kappa shape index (κ1) is 25.2. The van der Waals surface area contributed by atoms with Crippen molar-refractivity contribution in [1.82, 2.24) is 10.3 Å². The molecule has 0 unspecified atom stereocenters. The van der Waals surface area contributed by atoms with Crippen molar-refractivity contribution in [2.24, 2.45) is 0 Å². The number of carbonyl (C=O) groups excluding carboxylic acids is 1. The van der Waals surface area contributed by atoms with E-state index in [1.807, 2.05) is 43.3 Å². The summed E-state index contributed by atoms with van der Waals surface area (Å²) in [5, 5.41) is 15.6. The molecule has 0 saturated heterocycles. The van der Waals surface area contributed by atoms with E-state index in [0.717, 1.165) is 20.7 Å². The monoisotopic (exact) mass is 545 g/mol. The van der Waals surface area contributed by atoms with Crippen molar-refractivity contribution in [1.29, 1.82) is 0 Å². The van der Waals surface area contributed by atoms with Gasteiger partial charge in [0.2, 0.25) is 12.1 Å². The number of aromatic nitrogens is 2. The molecule has 0 saturated carbocycles. The topological polar surface area (TPSA) is 87.4 Å². The predicted octanol–water partition coefficient (Wildman–Crippen LogP) is 5.78. The number of hydrogen-bond acceptors (Lipinski definition) is 6. The highest BCUT2D eigenvalue weighted by molar-refractivity contribution is 7.80. The van der Waals surface area contributed by atoms with E-state index in [9.17, 15) is 14.4 Å². The largest absolute Gasteiger partial charge is 0.453 e. The summed E-state index contributed by atoms with van der Waals surface area (Å²) in [6, 6.07) is 20.8. The molecule has 7 nitrogen and oxygen atoms in total. The first-order valence-electron chi connectivity index (χ1n) is 11.6. The lowest BCUT2D eigenvalue weighted by Crippen LogP contribution is -2.35. The van der Waals surface area contributed by atoms with E-state index in [4.69, 9.17) is 17.0 Å². The number of hydrogen-bond donors (Lipinski definition) is 3. The number of thiophene rings is 1. The number of halogens is 1. The van der Waals surface area contributed by atoms with Crippen LogP contribution in [0.1, 0.15) is 11.1 Å². The Hall–Kier alpha value is -4.41. The molecule has 1 amide bonds. The molecule has 0 aliphatic rings. The molecule has 0 spiro atoms. The van der Waals surface area contributed by atoms with E-state index in [2.05, 4.69) is 15.6 Å². The van der Waals surface area contributed by atoms with Crippen molar-refractivity contribution >= 4 is 50.5 Å². The van der Waals surface area contributed by atoms with Gasteiger partial charge in [-0.25, -0.2) is 4.39 Å². The van der Waals surface area contributed by atoms with Crippen LogP contribution in [-0.4, -0.2) is 21.2 Å². The van der Waals surface area contributed by atoms with Gasteiger partial charge in [0, 0.05) is 40.9 Å². The fourth-order valence-electron chi connectivity index (χ4n) is 3.76. The molecule has 0 aliphatic carbocycles. The van der Waals surface area contributed by atoms with Crippen LogP contribution in [0, 0.1) is 12.7 Å². The summed E-state index contributed by atoms with van der Waals surface area (Å²) >= 11 is 6.59. The van der Waals surface area contributed by atoms with Crippen LogP contribution >= 0.6 is 23.6 Å². The molecule has 5 aromatic rings. The van der Waals surface area contributed by atoms with Crippen molar-refractivity contribution in [2.45, 2.75) is 13.3 Å². The quantitative estimate of drug-likeness (QED) is 0.142. The van der Waals surface area contributed by atoms with Crippen LogP contribution in [0.4, 0.5) is 10.1 Å². The molecule has 2 aromatic carbocycles. The summed E-state index contributed by atoms with van der Waals surface area (Å²) in [5.74, 6) is -0.428. The number of pyridine rings is 2. The molecular formula is C28H22FN4O3S2+. The van der Waals surface area contributed by atoms with Gasteiger partial charge < -0.3 is 15.4 Å². The van der Waals surface area contributed by atoms with Crippen LogP contribution in [0.3, 0.4) is 0 Å². The van der Waals surface area contributed by atoms with Crippen molar-refractivity contribution in [3.05, 3.63) is 102 Å². The highest BCUT2D eigenvalue weighted by Crippen LogP contribution is 2.38. The van der Waals surface area contributed by atoms with E-state index < -0.39 is 5.82 Å². The smallest absolute Gasteiger partial charge is 0.274 e. The second-order valence-electron chi connectivity index (χ2n) is 8.48. The van der Waals surface area contributed by atoms with Gasteiger partial charge in [-0.05, 0) is 49.0 Å². The zero-order chi connectivity index (χ0) is 26.6. The molecule has 0 atom stereocenters. The van der Waals surface area contributed by atoms with Crippen LogP contribution in [0.25, 0.3) is 20.8 Å². The Morgan fingerprint density at radius 2 is 1.92 bits per heavy atom.